The summed E-state index contributed by atoms with van der Waals surface area (Å²) in [6.07, 6.45) is -4.67. The molecule has 1 atom stereocenters. The van der Waals surface area contributed by atoms with Crippen LogP contribution in [0.15, 0.2) is 29.4 Å². The van der Waals surface area contributed by atoms with E-state index in [9.17, 15) is 23.1 Å². The maximum Gasteiger partial charge on any atom is 0.416 e. The molecule has 21 heavy (non-hydrogen) atoms. The summed E-state index contributed by atoms with van der Waals surface area (Å²) in [4.78, 5) is 13.9. The molecule has 0 heterocycles. The number of nitrogens with one attached hydrogen (secondary N) is 1. The number of benzene rings is 1. The molecule has 0 saturated carbocycles. The number of halogens is 3. The minimum atomic E-state index is -4.67. The second-order valence-corrected chi connectivity index (χ2v) is 4.35. The van der Waals surface area contributed by atoms with Gasteiger partial charge in [0.15, 0.2) is 0 Å². The van der Waals surface area contributed by atoms with E-state index in [0.717, 1.165) is 19.1 Å². The Balaban J connectivity index is 3.23. The molecule has 1 unspecified atom stereocenters. The highest BCUT2D eigenvalue weighted by atomic mass is 19.4. The van der Waals surface area contributed by atoms with Crippen LogP contribution in [0.4, 0.5) is 13.2 Å². The van der Waals surface area contributed by atoms with E-state index >= 15 is 0 Å². The summed E-state index contributed by atoms with van der Waals surface area (Å²) in [5.74, 6) is -1.46. The molecule has 1 rings (SSSR count). The van der Waals surface area contributed by atoms with Gasteiger partial charge in [-0.05, 0) is 24.1 Å². The lowest BCUT2D eigenvalue weighted by molar-refractivity contribution is -0.146. The van der Waals surface area contributed by atoms with Crippen LogP contribution in [-0.4, -0.2) is 24.2 Å². The van der Waals surface area contributed by atoms with E-state index < -0.39 is 28.8 Å². The second kappa shape index (κ2) is 6.47. The van der Waals surface area contributed by atoms with Crippen LogP contribution in [0.25, 0.3) is 10.4 Å². The van der Waals surface area contributed by atoms with Crippen molar-refractivity contribution in [3.8, 4) is 0 Å². The normalized spacial score (nSPS) is 14.1. The zero-order valence-corrected chi connectivity index (χ0v) is 11.1. The summed E-state index contributed by atoms with van der Waals surface area (Å²) in [5.41, 5.74) is 4.77. The van der Waals surface area contributed by atoms with Gasteiger partial charge in [-0.25, -0.2) is 4.79 Å². The van der Waals surface area contributed by atoms with Gasteiger partial charge in [0.25, 0.3) is 0 Å². The third kappa shape index (κ3) is 3.87. The Labute approximate surface area is 118 Å². The predicted molar refractivity (Wildman–Crippen MR) is 68.4 cm³/mol. The van der Waals surface area contributed by atoms with Crippen LogP contribution in [0.2, 0.25) is 0 Å². The van der Waals surface area contributed by atoms with Crippen LogP contribution in [0, 0.1) is 0 Å². The van der Waals surface area contributed by atoms with E-state index in [1.165, 1.54) is 12.1 Å². The molecule has 6 nitrogen and oxygen atoms in total. The molecule has 1 aromatic rings. The summed E-state index contributed by atoms with van der Waals surface area (Å²) in [6.45, 7) is 0.989. The number of nitrogens with zero attached hydrogens (tertiary/aromatic N) is 3. The van der Waals surface area contributed by atoms with E-state index in [1.54, 1.807) is 0 Å². The van der Waals surface area contributed by atoms with Crippen molar-refractivity contribution in [1.29, 1.82) is 0 Å². The maximum atomic E-state index is 13.0. The molecule has 0 aliphatic heterocycles. The first-order valence-electron chi connectivity index (χ1n) is 5.89. The first-order chi connectivity index (χ1) is 9.73. The third-order valence-electron chi connectivity index (χ3n) is 2.95. The molecule has 0 aliphatic rings. The molecular formula is C12H13F3N4O2. The van der Waals surface area contributed by atoms with Crippen molar-refractivity contribution in [1.82, 2.24) is 5.32 Å². The molecule has 0 amide bonds. The molecule has 0 aromatic heterocycles. The molecule has 0 spiro atoms. The molecular weight excluding hydrogens is 289 g/mol. The fourth-order valence-corrected chi connectivity index (χ4v) is 1.85. The Morgan fingerprint density at radius 3 is 2.43 bits per heavy atom. The first-order valence-corrected chi connectivity index (χ1v) is 5.89. The molecule has 1 aromatic carbocycles. The zero-order chi connectivity index (χ0) is 16.1. The van der Waals surface area contributed by atoms with Crippen LogP contribution < -0.4 is 5.32 Å². The van der Waals surface area contributed by atoms with Crippen molar-refractivity contribution < 1.29 is 23.1 Å². The van der Waals surface area contributed by atoms with Crippen LogP contribution in [0.3, 0.4) is 0 Å². The van der Waals surface area contributed by atoms with E-state index in [0.29, 0.717) is 0 Å². The van der Waals surface area contributed by atoms with Gasteiger partial charge < -0.3 is 5.11 Å². The molecule has 0 fully saturated rings. The number of carbonyl (C=O) groups is 1. The van der Waals surface area contributed by atoms with Gasteiger partial charge in [-0.1, -0.05) is 23.3 Å². The van der Waals surface area contributed by atoms with Gasteiger partial charge in [0.1, 0.15) is 5.54 Å². The molecule has 0 bridgehead atoms. The quantitative estimate of drug-likeness (QED) is 0.366. The highest BCUT2D eigenvalue weighted by molar-refractivity contribution is 5.81. The van der Waals surface area contributed by atoms with Crippen molar-refractivity contribution in [2.75, 3.05) is 13.1 Å². The van der Waals surface area contributed by atoms with Gasteiger partial charge in [-0.2, -0.15) is 13.2 Å². The molecule has 2 N–H and O–H groups in total. The SMILES string of the molecule is CC(NCCN=[N+]=[N-])(C(=O)O)c1ccccc1C(F)(F)F. The van der Waals surface area contributed by atoms with Gasteiger partial charge >= 0.3 is 12.1 Å². The topological polar surface area (TPSA) is 98.1 Å². The number of alkyl halides is 3. The van der Waals surface area contributed by atoms with Crippen molar-refractivity contribution in [3.63, 3.8) is 0 Å². The van der Waals surface area contributed by atoms with E-state index in [1.807, 2.05) is 0 Å². The Morgan fingerprint density at radius 2 is 1.95 bits per heavy atom. The average molecular weight is 302 g/mol. The van der Waals surface area contributed by atoms with Crippen LogP contribution in [0.5, 0.6) is 0 Å². The standard InChI is InChI=1S/C12H13F3N4O2/c1-11(10(20)21,17-6-7-18-19-16)8-4-2-3-5-9(8)12(13,14)15/h2-5,17H,6-7H2,1H3,(H,20,21). The van der Waals surface area contributed by atoms with E-state index in [-0.39, 0.29) is 13.1 Å². The summed E-state index contributed by atoms with van der Waals surface area (Å²) in [7, 11) is 0. The number of carboxylic acids is 1. The number of rotatable bonds is 6. The average Bonchev–Trinajstić information content (AvgIpc) is 2.42. The second-order valence-electron chi connectivity index (χ2n) is 4.35. The van der Waals surface area contributed by atoms with Gasteiger partial charge in [-0.3, -0.25) is 5.32 Å². The predicted octanol–water partition coefficient (Wildman–Crippen LogP) is 2.91. The fraction of sp³-hybridized carbons (Fsp3) is 0.417. The summed E-state index contributed by atoms with van der Waals surface area (Å²) in [5, 5.41) is 15.0. The van der Waals surface area contributed by atoms with Gasteiger partial charge in [0, 0.05) is 18.0 Å². The lowest BCUT2D eigenvalue weighted by Gasteiger charge is -2.29. The largest absolute Gasteiger partial charge is 0.480 e. The van der Waals surface area contributed by atoms with Crippen molar-refractivity contribution in [2.24, 2.45) is 5.11 Å². The molecule has 114 valence electrons. The lowest BCUT2D eigenvalue weighted by Crippen LogP contribution is -2.48. The van der Waals surface area contributed by atoms with Gasteiger partial charge in [0.05, 0.1) is 5.56 Å². The van der Waals surface area contributed by atoms with Crippen LogP contribution in [-0.2, 0) is 16.5 Å². The molecule has 0 saturated heterocycles. The van der Waals surface area contributed by atoms with Gasteiger partial charge in [0.2, 0.25) is 0 Å². The number of aliphatic carboxylic acids is 1. The maximum absolute atomic E-state index is 13.0. The summed E-state index contributed by atoms with van der Waals surface area (Å²) >= 11 is 0. The lowest BCUT2D eigenvalue weighted by atomic mass is 9.87. The highest BCUT2D eigenvalue weighted by Gasteiger charge is 2.43. The Kier molecular flexibility index (Phi) is 5.17. The Bertz CT molecular complexity index is 570. The monoisotopic (exact) mass is 302 g/mol. The fourth-order valence-electron chi connectivity index (χ4n) is 1.85. The van der Waals surface area contributed by atoms with Crippen LogP contribution >= 0.6 is 0 Å². The number of carboxylic acid groups (broad SMARTS) is 1. The van der Waals surface area contributed by atoms with Crippen molar-refractivity contribution in [2.45, 2.75) is 18.6 Å². The van der Waals surface area contributed by atoms with Gasteiger partial charge in [-0.15, -0.1) is 0 Å². The summed E-state index contributed by atoms with van der Waals surface area (Å²) in [6, 6.07) is 4.46. The molecule has 0 aliphatic carbocycles. The van der Waals surface area contributed by atoms with Crippen molar-refractivity contribution >= 4 is 5.97 Å². The summed E-state index contributed by atoms with van der Waals surface area (Å²) < 4.78 is 39.0. The molecule has 9 heteroatoms. The smallest absolute Gasteiger partial charge is 0.416 e. The number of hydrogen-bond acceptors (Lipinski definition) is 3. The van der Waals surface area contributed by atoms with Crippen LogP contribution in [0.1, 0.15) is 18.1 Å². The Hall–Kier alpha value is -2.25. The highest BCUT2D eigenvalue weighted by Crippen LogP contribution is 2.36. The zero-order valence-electron chi connectivity index (χ0n) is 11.1. The Morgan fingerprint density at radius 1 is 1.38 bits per heavy atom. The third-order valence-corrected chi connectivity index (χ3v) is 2.95. The minimum Gasteiger partial charge on any atom is -0.480 e. The number of hydrogen-bond donors (Lipinski definition) is 2. The first kappa shape index (κ1) is 16.8. The van der Waals surface area contributed by atoms with E-state index in [2.05, 4.69) is 15.3 Å². The molecule has 0 radical (unpaired) electrons. The minimum absolute atomic E-state index is 0.0704. The number of azide groups is 1. The van der Waals surface area contributed by atoms with Crippen molar-refractivity contribution in [3.05, 3.63) is 45.8 Å². The van der Waals surface area contributed by atoms with E-state index in [4.69, 9.17) is 5.53 Å².